The van der Waals surface area contributed by atoms with E-state index in [1.807, 2.05) is 0 Å². The average molecular weight is 248 g/mol. The summed E-state index contributed by atoms with van der Waals surface area (Å²) in [6, 6.07) is 3.02. The van der Waals surface area contributed by atoms with Gasteiger partial charge in [0.15, 0.2) is 0 Å². The summed E-state index contributed by atoms with van der Waals surface area (Å²) in [5.41, 5.74) is -0.00252. The smallest absolute Gasteiger partial charge is 0.224 e. The molecule has 5 heteroatoms. The molecule has 0 unspecified atom stereocenters. The third kappa shape index (κ3) is 4.14. The highest BCUT2D eigenvalue weighted by molar-refractivity contribution is 6.17. The van der Waals surface area contributed by atoms with Crippen LogP contribution in [0.5, 0.6) is 0 Å². The van der Waals surface area contributed by atoms with Crippen LogP contribution >= 0.6 is 11.6 Å². The predicted octanol–water partition coefficient (Wildman–Crippen LogP) is 3.31. The van der Waals surface area contributed by atoms with Crippen LogP contribution < -0.4 is 5.32 Å². The van der Waals surface area contributed by atoms with Gasteiger partial charge in [-0.2, -0.15) is 0 Å². The number of alkyl halides is 1. The van der Waals surface area contributed by atoms with Crippen molar-refractivity contribution >= 4 is 23.2 Å². The first-order valence-corrected chi connectivity index (χ1v) is 5.48. The second-order valence-electron chi connectivity index (χ2n) is 3.32. The Balaban J connectivity index is 2.49. The molecule has 88 valence electrons. The Morgan fingerprint density at radius 2 is 2.06 bits per heavy atom. The van der Waals surface area contributed by atoms with Crippen molar-refractivity contribution in [2.75, 3.05) is 11.2 Å². The zero-order valence-corrected chi connectivity index (χ0v) is 9.36. The number of halogens is 3. The normalized spacial score (nSPS) is 10.2. The molecule has 0 heterocycles. The van der Waals surface area contributed by atoms with Crippen LogP contribution in [0.4, 0.5) is 14.5 Å². The van der Waals surface area contributed by atoms with Crippen LogP contribution in [-0.2, 0) is 4.79 Å². The van der Waals surface area contributed by atoms with Crippen molar-refractivity contribution in [1.82, 2.24) is 0 Å². The number of rotatable bonds is 5. The average Bonchev–Trinajstić information content (AvgIpc) is 2.23. The molecule has 1 amide bonds. The van der Waals surface area contributed by atoms with E-state index in [0.717, 1.165) is 18.6 Å². The van der Waals surface area contributed by atoms with Crippen molar-refractivity contribution in [1.29, 1.82) is 0 Å². The molecule has 0 saturated carbocycles. The summed E-state index contributed by atoms with van der Waals surface area (Å²) in [4.78, 5) is 11.3. The molecule has 0 spiro atoms. The van der Waals surface area contributed by atoms with Gasteiger partial charge in [-0.25, -0.2) is 8.78 Å². The first-order chi connectivity index (χ1) is 7.63. The maximum absolute atomic E-state index is 13.1. The van der Waals surface area contributed by atoms with Crippen LogP contribution in [0.25, 0.3) is 0 Å². The van der Waals surface area contributed by atoms with E-state index >= 15 is 0 Å². The number of hydrogen-bond acceptors (Lipinski definition) is 1. The van der Waals surface area contributed by atoms with Crippen molar-refractivity contribution in [3.8, 4) is 0 Å². The molecule has 1 aromatic rings. The molecular weight excluding hydrogens is 236 g/mol. The third-order valence-electron chi connectivity index (χ3n) is 1.99. The van der Waals surface area contributed by atoms with Gasteiger partial charge in [0.2, 0.25) is 5.91 Å². The number of unbranched alkanes of at least 4 members (excludes halogenated alkanes) is 1. The first-order valence-electron chi connectivity index (χ1n) is 4.94. The number of amides is 1. The molecule has 0 fully saturated rings. The highest BCUT2D eigenvalue weighted by atomic mass is 35.5. The lowest BCUT2D eigenvalue weighted by Crippen LogP contribution is -2.12. The molecule has 1 rings (SSSR count). The fourth-order valence-electron chi connectivity index (χ4n) is 1.18. The van der Waals surface area contributed by atoms with Gasteiger partial charge in [-0.1, -0.05) is 0 Å². The summed E-state index contributed by atoms with van der Waals surface area (Å²) >= 11 is 5.45. The number of benzene rings is 1. The molecule has 0 saturated heterocycles. The van der Waals surface area contributed by atoms with Gasteiger partial charge in [-0.05, 0) is 25.0 Å². The van der Waals surface area contributed by atoms with Crippen molar-refractivity contribution in [2.45, 2.75) is 19.3 Å². The monoisotopic (exact) mass is 247 g/mol. The van der Waals surface area contributed by atoms with E-state index < -0.39 is 11.6 Å². The minimum atomic E-state index is -0.773. The molecular formula is C11H12ClF2NO. The van der Waals surface area contributed by atoms with Crippen LogP contribution in [0, 0.1) is 11.6 Å². The van der Waals surface area contributed by atoms with Gasteiger partial charge in [0, 0.05) is 18.4 Å². The van der Waals surface area contributed by atoms with E-state index in [4.69, 9.17) is 11.6 Å². The van der Waals surface area contributed by atoms with Crippen molar-refractivity contribution in [2.24, 2.45) is 0 Å². The molecule has 0 bridgehead atoms. The highest BCUT2D eigenvalue weighted by Gasteiger charge is 2.07. The Morgan fingerprint density at radius 3 is 2.69 bits per heavy atom. The molecule has 16 heavy (non-hydrogen) atoms. The zero-order chi connectivity index (χ0) is 12.0. The van der Waals surface area contributed by atoms with E-state index in [2.05, 4.69) is 5.32 Å². The Bertz CT molecular complexity index is 371. The van der Waals surface area contributed by atoms with Crippen LogP contribution in [0.3, 0.4) is 0 Å². The second-order valence-corrected chi connectivity index (χ2v) is 3.70. The SMILES string of the molecule is O=C(CCCCCl)Nc1ccc(F)cc1F. The quantitative estimate of drug-likeness (QED) is 0.628. The lowest BCUT2D eigenvalue weighted by Gasteiger charge is -2.05. The summed E-state index contributed by atoms with van der Waals surface area (Å²) in [6.07, 6.45) is 1.67. The van der Waals surface area contributed by atoms with Gasteiger partial charge in [0.05, 0.1) is 5.69 Å². The number of carbonyl (C=O) groups excluding carboxylic acids is 1. The summed E-state index contributed by atoms with van der Waals surface area (Å²) in [7, 11) is 0. The molecule has 0 atom stereocenters. The number of hydrogen-bond donors (Lipinski definition) is 1. The minimum absolute atomic E-state index is 0.00252. The summed E-state index contributed by atoms with van der Waals surface area (Å²) < 4.78 is 25.7. The van der Waals surface area contributed by atoms with Crippen LogP contribution in [0.15, 0.2) is 18.2 Å². The van der Waals surface area contributed by atoms with E-state index in [1.165, 1.54) is 6.07 Å². The fourth-order valence-corrected chi connectivity index (χ4v) is 1.37. The summed E-state index contributed by atoms with van der Waals surface area (Å²) in [5, 5.41) is 2.37. The van der Waals surface area contributed by atoms with Gasteiger partial charge < -0.3 is 5.32 Å². The van der Waals surface area contributed by atoms with Crippen molar-refractivity contribution in [3.63, 3.8) is 0 Å². The Kier molecular flexibility index (Phi) is 5.19. The van der Waals surface area contributed by atoms with Gasteiger partial charge in [0.1, 0.15) is 11.6 Å². The van der Waals surface area contributed by atoms with Crippen molar-refractivity contribution < 1.29 is 13.6 Å². The Morgan fingerprint density at radius 1 is 1.31 bits per heavy atom. The molecule has 1 aromatic carbocycles. The topological polar surface area (TPSA) is 29.1 Å². The van der Waals surface area contributed by atoms with Crippen LogP contribution in [-0.4, -0.2) is 11.8 Å². The van der Waals surface area contributed by atoms with Crippen molar-refractivity contribution in [3.05, 3.63) is 29.8 Å². The maximum Gasteiger partial charge on any atom is 0.224 e. The molecule has 0 radical (unpaired) electrons. The first kappa shape index (κ1) is 12.9. The number of nitrogens with one attached hydrogen (secondary N) is 1. The van der Waals surface area contributed by atoms with Gasteiger partial charge in [-0.15, -0.1) is 11.6 Å². The van der Waals surface area contributed by atoms with E-state index in [1.54, 1.807) is 0 Å². The predicted molar refractivity (Wildman–Crippen MR) is 59.6 cm³/mol. The third-order valence-corrected chi connectivity index (χ3v) is 2.26. The van der Waals surface area contributed by atoms with Crippen LogP contribution in [0.1, 0.15) is 19.3 Å². The standard InChI is InChI=1S/C11H12ClF2NO/c12-6-2-1-3-11(16)15-10-5-4-8(13)7-9(10)14/h4-5,7H,1-3,6H2,(H,15,16). The van der Waals surface area contributed by atoms with Gasteiger partial charge >= 0.3 is 0 Å². The molecule has 0 aliphatic heterocycles. The second kappa shape index (κ2) is 6.43. The van der Waals surface area contributed by atoms with E-state index in [0.29, 0.717) is 12.3 Å². The molecule has 0 aliphatic rings. The molecule has 0 aliphatic carbocycles. The largest absolute Gasteiger partial charge is 0.324 e. The van der Waals surface area contributed by atoms with E-state index in [9.17, 15) is 13.6 Å². The van der Waals surface area contributed by atoms with Gasteiger partial charge in [-0.3, -0.25) is 4.79 Å². The molecule has 0 aromatic heterocycles. The summed E-state index contributed by atoms with van der Waals surface area (Å²) in [6.45, 7) is 0. The summed E-state index contributed by atoms with van der Waals surface area (Å²) in [5.74, 6) is -1.24. The number of anilines is 1. The molecule has 1 N–H and O–H groups in total. The lowest BCUT2D eigenvalue weighted by molar-refractivity contribution is -0.116. The van der Waals surface area contributed by atoms with E-state index in [-0.39, 0.29) is 18.0 Å². The highest BCUT2D eigenvalue weighted by Crippen LogP contribution is 2.15. The number of carbonyl (C=O) groups is 1. The zero-order valence-electron chi connectivity index (χ0n) is 8.60. The minimum Gasteiger partial charge on any atom is -0.324 e. The Labute approximate surface area is 97.6 Å². The fraction of sp³-hybridized carbons (Fsp3) is 0.364. The Hall–Kier alpha value is -1.16. The van der Waals surface area contributed by atoms with Crippen LogP contribution in [0.2, 0.25) is 0 Å². The maximum atomic E-state index is 13.1. The lowest BCUT2D eigenvalue weighted by atomic mass is 10.2. The van der Waals surface area contributed by atoms with Gasteiger partial charge in [0.25, 0.3) is 0 Å². The molecule has 2 nitrogen and oxygen atoms in total.